The van der Waals surface area contributed by atoms with Gasteiger partial charge in [-0.2, -0.15) is 0 Å². The SMILES string of the molecule is CNc1ccc2[nH]c(CC(C)(C(=O)O)C(C)C)nc2n1. The third-order valence-corrected chi connectivity index (χ3v) is 3.95. The molecular weight excluding hydrogens is 256 g/mol. The van der Waals surface area contributed by atoms with Crippen molar-refractivity contribution in [1.82, 2.24) is 15.0 Å². The van der Waals surface area contributed by atoms with Gasteiger partial charge in [-0.05, 0) is 25.0 Å². The zero-order valence-electron chi connectivity index (χ0n) is 12.2. The Morgan fingerprint density at radius 3 is 2.70 bits per heavy atom. The highest BCUT2D eigenvalue weighted by molar-refractivity contribution is 5.76. The summed E-state index contributed by atoms with van der Waals surface area (Å²) < 4.78 is 0. The molecule has 0 aliphatic carbocycles. The first kappa shape index (κ1) is 14.3. The van der Waals surface area contributed by atoms with Crippen LogP contribution in [0.25, 0.3) is 11.2 Å². The Labute approximate surface area is 117 Å². The van der Waals surface area contributed by atoms with Gasteiger partial charge in [-0.15, -0.1) is 0 Å². The molecule has 6 heteroatoms. The van der Waals surface area contributed by atoms with E-state index in [1.807, 2.05) is 26.0 Å². The van der Waals surface area contributed by atoms with Crippen molar-refractivity contribution in [3.8, 4) is 0 Å². The van der Waals surface area contributed by atoms with Crippen LogP contribution >= 0.6 is 0 Å². The third-order valence-electron chi connectivity index (χ3n) is 3.95. The number of rotatable bonds is 5. The lowest BCUT2D eigenvalue weighted by molar-refractivity contribution is -0.150. The molecule has 0 aliphatic rings. The molecule has 2 heterocycles. The summed E-state index contributed by atoms with van der Waals surface area (Å²) in [5, 5.41) is 12.4. The Morgan fingerprint density at radius 1 is 1.45 bits per heavy atom. The number of fused-ring (bicyclic) bond motifs is 1. The fourth-order valence-electron chi connectivity index (χ4n) is 2.04. The maximum atomic E-state index is 11.5. The van der Waals surface area contributed by atoms with Gasteiger partial charge in [0.1, 0.15) is 11.6 Å². The minimum Gasteiger partial charge on any atom is -0.481 e. The number of hydrogen-bond donors (Lipinski definition) is 3. The van der Waals surface area contributed by atoms with Crippen LogP contribution in [0.1, 0.15) is 26.6 Å². The molecule has 0 spiro atoms. The molecule has 0 fully saturated rings. The van der Waals surface area contributed by atoms with E-state index in [1.165, 1.54) is 0 Å². The van der Waals surface area contributed by atoms with Crippen molar-refractivity contribution in [2.24, 2.45) is 11.3 Å². The number of aromatic nitrogens is 3. The smallest absolute Gasteiger partial charge is 0.310 e. The van der Waals surface area contributed by atoms with Crippen molar-refractivity contribution >= 4 is 23.0 Å². The van der Waals surface area contributed by atoms with E-state index in [2.05, 4.69) is 20.3 Å². The predicted molar refractivity (Wildman–Crippen MR) is 77.7 cm³/mol. The number of pyridine rings is 1. The van der Waals surface area contributed by atoms with Gasteiger partial charge in [-0.1, -0.05) is 13.8 Å². The quantitative estimate of drug-likeness (QED) is 0.779. The van der Waals surface area contributed by atoms with Gasteiger partial charge in [0.15, 0.2) is 5.65 Å². The summed E-state index contributed by atoms with van der Waals surface area (Å²) in [4.78, 5) is 23.4. The van der Waals surface area contributed by atoms with Crippen LogP contribution in [0.5, 0.6) is 0 Å². The fourth-order valence-corrected chi connectivity index (χ4v) is 2.04. The summed E-state index contributed by atoms with van der Waals surface area (Å²) >= 11 is 0. The average Bonchev–Trinajstić information content (AvgIpc) is 2.78. The van der Waals surface area contributed by atoms with E-state index in [0.717, 1.165) is 11.3 Å². The van der Waals surface area contributed by atoms with Crippen LogP contribution in [-0.4, -0.2) is 33.1 Å². The van der Waals surface area contributed by atoms with E-state index in [0.29, 0.717) is 17.9 Å². The summed E-state index contributed by atoms with van der Waals surface area (Å²) in [7, 11) is 1.79. The predicted octanol–water partition coefficient (Wildman–Crippen LogP) is 2.29. The lowest BCUT2D eigenvalue weighted by Crippen LogP contribution is -2.35. The lowest BCUT2D eigenvalue weighted by Gasteiger charge is -2.27. The summed E-state index contributed by atoms with van der Waals surface area (Å²) in [5.41, 5.74) is 0.568. The Kier molecular flexibility index (Phi) is 3.65. The van der Waals surface area contributed by atoms with Gasteiger partial charge in [-0.3, -0.25) is 4.79 Å². The number of H-pyrrole nitrogens is 1. The van der Waals surface area contributed by atoms with E-state index >= 15 is 0 Å². The Morgan fingerprint density at radius 2 is 2.15 bits per heavy atom. The number of aromatic amines is 1. The van der Waals surface area contributed by atoms with E-state index in [4.69, 9.17) is 0 Å². The first-order valence-corrected chi connectivity index (χ1v) is 6.63. The van der Waals surface area contributed by atoms with Gasteiger partial charge in [0.2, 0.25) is 0 Å². The number of nitrogens with one attached hydrogen (secondary N) is 2. The Bertz CT molecular complexity index is 635. The summed E-state index contributed by atoms with van der Waals surface area (Å²) in [6.45, 7) is 5.57. The maximum Gasteiger partial charge on any atom is 0.310 e. The van der Waals surface area contributed by atoms with Crippen LogP contribution in [0.2, 0.25) is 0 Å². The second kappa shape index (κ2) is 5.11. The molecule has 1 unspecified atom stereocenters. The minimum atomic E-state index is -0.848. The van der Waals surface area contributed by atoms with Crippen molar-refractivity contribution in [3.63, 3.8) is 0 Å². The highest BCUT2D eigenvalue weighted by atomic mass is 16.4. The molecule has 0 aromatic carbocycles. The number of nitrogens with zero attached hydrogens (tertiary/aromatic N) is 2. The van der Waals surface area contributed by atoms with Crippen molar-refractivity contribution in [2.45, 2.75) is 27.2 Å². The number of anilines is 1. The van der Waals surface area contributed by atoms with Gasteiger partial charge < -0.3 is 15.4 Å². The van der Waals surface area contributed by atoms with Gasteiger partial charge in [0.05, 0.1) is 10.9 Å². The number of carbonyl (C=O) groups is 1. The fraction of sp³-hybridized carbons (Fsp3) is 0.500. The largest absolute Gasteiger partial charge is 0.481 e. The second-order valence-corrected chi connectivity index (χ2v) is 5.56. The number of carboxylic acid groups (broad SMARTS) is 1. The highest BCUT2D eigenvalue weighted by Crippen LogP contribution is 2.31. The van der Waals surface area contributed by atoms with E-state index in [1.54, 1.807) is 14.0 Å². The van der Waals surface area contributed by atoms with E-state index in [-0.39, 0.29) is 5.92 Å². The number of carboxylic acids is 1. The second-order valence-electron chi connectivity index (χ2n) is 5.56. The first-order chi connectivity index (χ1) is 9.36. The first-order valence-electron chi connectivity index (χ1n) is 6.63. The van der Waals surface area contributed by atoms with Gasteiger partial charge in [0.25, 0.3) is 0 Å². The van der Waals surface area contributed by atoms with E-state index in [9.17, 15) is 9.90 Å². The number of imidazole rings is 1. The van der Waals surface area contributed by atoms with Crippen molar-refractivity contribution in [3.05, 3.63) is 18.0 Å². The lowest BCUT2D eigenvalue weighted by atomic mass is 9.76. The third kappa shape index (κ3) is 2.45. The Hall–Kier alpha value is -2.11. The van der Waals surface area contributed by atoms with Crippen LogP contribution in [0.4, 0.5) is 5.82 Å². The molecule has 1 atom stereocenters. The van der Waals surface area contributed by atoms with Crippen LogP contribution in [0.15, 0.2) is 12.1 Å². The van der Waals surface area contributed by atoms with Gasteiger partial charge >= 0.3 is 5.97 Å². The number of hydrogen-bond acceptors (Lipinski definition) is 4. The molecule has 0 bridgehead atoms. The molecule has 0 saturated carbocycles. The maximum absolute atomic E-state index is 11.5. The van der Waals surface area contributed by atoms with Crippen LogP contribution in [-0.2, 0) is 11.2 Å². The monoisotopic (exact) mass is 276 g/mol. The minimum absolute atomic E-state index is 0.00837. The molecular formula is C14H20N4O2. The van der Waals surface area contributed by atoms with Crippen LogP contribution in [0, 0.1) is 11.3 Å². The molecule has 0 aliphatic heterocycles. The molecule has 108 valence electrons. The van der Waals surface area contributed by atoms with Crippen molar-refractivity contribution in [1.29, 1.82) is 0 Å². The summed E-state index contributed by atoms with van der Waals surface area (Å²) in [6.07, 6.45) is 0.352. The standard InChI is InChI=1S/C14H20N4O2/c1-8(2)14(3,13(19)20)7-11-16-9-5-6-10(15-4)17-12(9)18-11/h5-6,8H,7H2,1-4H3,(H,19,20)(H2,15,16,17,18). The van der Waals surface area contributed by atoms with E-state index < -0.39 is 11.4 Å². The molecule has 6 nitrogen and oxygen atoms in total. The molecule has 20 heavy (non-hydrogen) atoms. The molecule has 0 amide bonds. The van der Waals surface area contributed by atoms with Crippen molar-refractivity contribution < 1.29 is 9.90 Å². The highest BCUT2D eigenvalue weighted by Gasteiger charge is 2.37. The molecule has 2 aromatic heterocycles. The molecule has 2 aromatic rings. The van der Waals surface area contributed by atoms with Gasteiger partial charge in [0, 0.05) is 13.5 Å². The van der Waals surface area contributed by atoms with Crippen LogP contribution in [0.3, 0.4) is 0 Å². The number of aliphatic carboxylic acids is 1. The van der Waals surface area contributed by atoms with Gasteiger partial charge in [-0.25, -0.2) is 9.97 Å². The normalized spacial score (nSPS) is 14.4. The zero-order chi connectivity index (χ0) is 14.9. The Balaban J connectivity index is 2.36. The summed E-state index contributed by atoms with van der Waals surface area (Å²) in [6, 6.07) is 3.74. The molecule has 3 N–H and O–H groups in total. The van der Waals surface area contributed by atoms with Crippen molar-refractivity contribution in [2.75, 3.05) is 12.4 Å². The molecule has 0 saturated heterocycles. The van der Waals surface area contributed by atoms with Crippen LogP contribution < -0.4 is 5.32 Å². The average molecular weight is 276 g/mol. The summed E-state index contributed by atoms with van der Waals surface area (Å²) in [5.74, 6) is 0.589. The molecule has 0 radical (unpaired) electrons. The topological polar surface area (TPSA) is 90.9 Å². The molecule has 2 rings (SSSR count). The zero-order valence-corrected chi connectivity index (χ0v) is 12.2.